The van der Waals surface area contributed by atoms with E-state index in [1.807, 2.05) is 10.0 Å². The van der Waals surface area contributed by atoms with E-state index in [9.17, 15) is 31.2 Å². The van der Waals surface area contributed by atoms with E-state index in [0.29, 0.717) is 6.07 Å². The molecule has 2 aromatic carbocycles. The van der Waals surface area contributed by atoms with Gasteiger partial charge in [-0.2, -0.15) is 0 Å². The maximum Gasteiger partial charge on any atom is 0.241 e. The number of carbonyl (C=O) groups is 2. The molecule has 0 aliphatic carbocycles. The van der Waals surface area contributed by atoms with E-state index in [4.69, 9.17) is 0 Å². The zero-order valence-corrected chi connectivity index (χ0v) is 14.2. The Balaban J connectivity index is 2.08. The van der Waals surface area contributed by atoms with Crippen LogP contribution in [0.15, 0.2) is 41.3 Å². The molecule has 138 valence electrons. The van der Waals surface area contributed by atoms with Gasteiger partial charge in [-0.05, 0) is 31.2 Å². The molecule has 0 aromatic heterocycles. The Hall–Kier alpha value is -2.72. The molecule has 0 spiro atoms. The summed E-state index contributed by atoms with van der Waals surface area (Å²) in [6.07, 6.45) is 0. The zero-order valence-electron chi connectivity index (χ0n) is 13.3. The van der Waals surface area contributed by atoms with E-state index in [1.54, 1.807) is 0 Å². The first-order valence-electron chi connectivity index (χ1n) is 7.16. The smallest absolute Gasteiger partial charge is 0.241 e. The first-order chi connectivity index (χ1) is 12.1. The van der Waals surface area contributed by atoms with Crippen molar-refractivity contribution < 1.29 is 31.2 Å². The predicted octanol–water partition coefficient (Wildman–Crippen LogP) is 2.22. The van der Waals surface area contributed by atoms with Crippen molar-refractivity contribution in [3.8, 4) is 0 Å². The lowest BCUT2D eigenvalue weighted by molar-refractivity contribution is -0.115. The second kappa shape index (κ2) is 7.67. The fraction of sp³-hybridized carbons (Fsp3) is 0.125. The first-order valence-corrected chi connectivity index (χ1v) is 8.64. The number of rotatable bonds is 6. The van der Waals surface area contributed by atoms with Crippen LogP contribution in [0.4, 0.5) is 18.9 Å². The summed E-state index contributed by atoms with van der Waals surface area (Å²) >= 11 is 0. The van der Waals surface area contributed by atoms with E-state index >= 15 is 0 Å². The third-order valence-electron chi connectivity index (χ3n) is 3.28. The molecule has 0 saturated carbocycles. The van der Waals surface area contributed by atoms with Gasteiger partial charge in [0, 0.05) is 5.56 Å². The van der Waals surface area contributed by atoms with Gasteiger partial charge in [0.05, 0.1) is 17.1 Å². The summed E-state index contributed by atoms with van der Waals surface area (Å²) in [4.78, 5) is 22.8. The minimum atomic E-state index is -4.12. The second-order valence-corrected chi connectivity index (χ2v) is 6.95. The van der Waals surface area contributed by atoms with E-state index in [0.717, 1.165) is 12.1 Å². The van der Waals surface area contributed by atoms with Gasteiger partial charge >= 0.3 is 0 Å². The van der Waals surface area contributed by atoms with Crippen LogP contribution in [0, 0.1) is 17.5 Å². The quantitative estimate of drug-likeness (QED) is 0.588. The fourth-order valence-corrected chi connectivity index (χ4v) is 2.97. The van der Waals surface area contributed by atoms with Crippen molar-refractivity contribution in [1.82, 2.24) is 4.72 Å². The summed E-state index contributed by atoms with van der Waals surface area (Å²) in [6.45, 7) is 0.480. The number of hydrogen-bond acceptors (Lipinski definition) is 4. The van der Waals surface area contributed by atoms with E-state index in [-0.39, 0.29) is 16.2 Å². The van der Waals surface area contributed by atoms with Gasteiger partial charge in [-0.3, -0.25) is 9.59 Å². The number of hydrogen-bond donors (Lipinski definition) is 2. The molecule has 0 unspecified atom stereocenters. The van der Waals surface area contributed by atoms with Crippen molar-refractivity contribution in [2.75, 3.05) is 11.9 Å². The lowest BCUT2D eigenvalue weighted by Crippen LogP contribution is -2.33. The number of sulfonamides is 1. The summed E-state index contributed by atoms with van der Waals surface area (Å²) in [5.74, 6) is -6.12. The number of anilines is 1. The Morgan fingerprint density at radius 2 is 1.73 bits per heavy atom. The number of Topliss-reactive ketones (excluding diaryl/α,β-unsaturated/α-hetero) is 1. The Morgan fingerprint density at radius 3 is 2.38 bits per heavy atom. The molecule has 0 atom stereocenters. The third-order valence-corrected chi connectivity index (χ3v) is 4.68. The largest absolute Gasteiger partial charge is 0.322 e. The maximum atomic E-state index is 13.5. The van der Waals surface area contributed by atoms with Crippen molar-refractivity contribution in [1.29, 1.82) is 0 Å². The van der Waals surface area contributed by atoms with Crippen LogP contribution in [-0.2, 0) is 14.8 Å². The van der Waals surface area contributed by atoms with Crippen LogP contribution in [0.3, 0.4) is 0 Å². The average molecular weight is 386 g/mol. The molecular weight excluding hydrogens is 373 g/mol. The van der Waals surface area contributed by atoms with E-state index in [2.05, 4.69) is 0 Å². The number of ketones is 1. The lowest BCUT2D eigenvalue weighted by atomic mass is 10.2. The summed E-state index contributed by atoms with van der Waals surface area (Å²) in [5.41, 5.74) is -0.465. The molecule has 2 rings (SSSR count). The number of halogens is 3. The Bertz CT molecular complexity index is 977. The summed E-state index contributed by atoms with van der Waals surface area (Å²) in [7, 11) is -4.12. The van der Waals surface area contributed by atoms with Gasteiger partial charge in [0.15, 0.2) is 23.2 Å². The second-order valence-electron chi connectivity index (χ2n) is 5.18. The minimum absolute atomic E-state index is 0.168. The van der Waals surface area contributed by atoms with E-state index < -0.39 is 45.6 Å². The van der Waals surface area contributed by atoms with Gasteiger partial charge in [0.25, 0.3) is 0 Å². The molecule has 0 heterocycles. The van der Waals surface area contributed by atoms with Crippen molar-refractivity contribution >= 4 is 27.4 Å². The van der Waals surface area contributed by atoms with Crippen LogP contribution in [-0.4, -0.2) is 26.7 Å². The first kappa shape index (κ1) is 19.6. The molecule has 0 aliphatic rings. The topological polar surface area (TPSA) is 92.3 Å². The highest BCUT2D eigenvalue weighted by Crippen LogP contribution is 2.19. The van der Waals surface area contributed by atoms with Crippen molar-refractivity contribution in [2.24, 2.45) is 0 Å². The highest BCUT2D eigenvalue weighted by Gasteiger charge is 2.19. The van der Waals surface area contributed by atoms with Crippen molar-refractivity contribution in [3.63, 3.8) is 0 Å². The van der Waals surface area contributed by atoms with Crippen molar-refractivity contribution in [2.45, 2.75) is 11.8 Å². The highest BCUT2D eigenvalue weighted by atomic mass is 32.2. The minimum Gasteiger partial charge on any atom is -0.322 e. The monoisotopic (exact) mass is 386 g/mol. The van der Waals surface area contributed by atoms with Crippen LogP contribution in [0.5, 0.6) is 0 Å². The fourth-order valence-electron chi connectivity index (χ4n) is 1.94. The molecule has 10 heteroatoms. The Labute approximate surface area is 147 Å². The molecule has 0 bridgehead atoms. The molecule has 26 heavy (non-hydrogen) atoms. The predicted molar refractivity (Wildman–Crippen MR) is 86.6 cm³/mol. The molecule has 0 radical (unpaired) electrons. The summed E-state index contributed by atoms with van der Waals surface area (Å²) in [6, 6.07) is 6.57. The van der Waals surface area contributed by atoms with Gasteiger partial charge in [-0.15, -0.1) is 0 Å². The number of amides is 1. The Morgan fingerprint density at radius 1 is 1.04 bits per heavy atom. The third kappa shape index (κ3) is 4.46. The molecule has 0 aliphatic heterocycles. The zero-order chi connectivity index (χ0) is 19.5. The SMILES string of the molecule is CC(=O)c1cccc(S(=O)(=O)NCC(=O)Nc2ccc(F)c(F)c2F)c1. The van der Waals surface area contributed by atoms with Crippen LogP contribution < -0.4 is 10.0 Å². The highest BCUT2D eigenvalue weighted by molar-refractivity contribution is 7.89. The normalized spacial score (nSPS) is 11.2. The molecular formula is C16H13F3N2O4S. The molecule has 6 nitrogen and oxygen atoms in total. The summed E-state index contributed by atoms with van der Waals surface area (Å²) < 4.78 is 65.7. The lowest BCUT2D eigenvalue weighted by Gasteiger charge is -2.09. The summed E-state index contributed by atoms with van der Waals surface area (Å²) in [5, 5.41) is 1.93. The van der Waals surface area contributed by atoms with Gasteiger partial charge in [0.1, 0.15) is 0 Å². The van der Waals surface area contributed by atoms with Crippen molar-refractivity contribution in [3.05, 3.63) is 59.4 Å². The molecule has 1 amide bonds. The van der Waals surface area contributed by atoms with Crippen LogP contribution in [0.25, 0.3) is 0 Å². The molecule has 2 N–H and O–H groups in total. The van der Waals surface area contributed by atoms with Crippen LogP contribution in [0.2, 0.25) is 0 Å². The molecule has 0 fully saturated rings. The van der Waals surface area contributed by atoms with E-state index in [1.165, 1.54) is 25.1 Å². The molecule has 0 saturated heterocycles. The Kier molecular flexibility index (Phi) is 5.78. The maximum absolute atomic E-state index is 13.5. The molecule has 2 aromatic rings. The van der Waals surface area contributed by atoms with Crippen LogP contribution >= 0.6 is 0 Å². The van der Waals surface area contributed by atoms with Gasteiger partial charge in [0.2, 0.25) is 15.9 Å². The standard InChI is InChI=1S/C16H13F3N2O4S/c1-9(22)10-3-2-4-11(7-10)26(24,25)20-8-14(23)21-13-6-5-12(17)15(18)16(13)19/h2-7,20H,8H2,1H3,(H,21,23). The average Bonchev–Trinajstić information content (AvgIpc) is 2.60. The van der Waals surface area contributed by atoms with Gasteiger partial charge < -0.3 is 5.32 Å². The number of carbonyl (C=O) groups excluding carboxylic acids is 2. The van der Waals surface area contributed by atoms with Gasteiger partial charge in [-0.1, -0.05) is 12.1 Å². The number of benzene rings is 2. The number of nitrogens with one attached hydrogen (secondary N) is 2. The van der Waals surface area contributed by atoms with Gasteiger partial charge in [-0.25, -0.2) is 26.3 Å². The van der Waals surface area contributed by atoms with Crippen LogP contribution in [0.1, 0.15) is 17.3 Å².